The van der Waals surface area contributed by atoms with Crippen LogP contribution in [0.3, 0.4) is 0 Å². The number of aromatic nitrogens is 1. The van der Waals surface area contributed by atoms with Crippen LogP contribution in [0.1, 0.15) is 11.6 Å². The van der Waals surface area contributed by atoms with E-state index in [1.54, 1.807) is 0 Å². The molecule has 0 spiro atoms. The summed E-state index contributed by atoms with van der Waals surface area (Å²) >= 11 is 3.63. The van der Waals surface area contributed by atoms with Crippen LogP contribution in [-0.2, 0) is 0 Å². The van der Waals surface area contributed by atoms with Crippen molar-refractivity contribution in [3.63, 3.8) is 0 Å². The lowest BCUT2D eigenvalue weighted by Gasteiger charge is -2.42. The summed E-state index contributed by atoms with van der Waals surface area (Å²) in [6, 6.07) is 13.2. The van der Waals surface area contributed by atoms with Gasteiger partial charge in [-0.1, -0.05) is 30.3 Å². The third-order valence-electron chi connectivity index (χ3n) is 3.83. The highest BCUT2D eigenvalue weighted by Crippen LogP contribution is 2.34. The number of halogens is 1. The fourth-order valence-corrected chi connectivity index (χ4v) is 3.25. The molecule has 3 nitrogen and oxygen atoms in total. The summed E-state index contributed by atoms with van der Waals surface area (Å²) < 4.78 is 1.06. The van der Waals surface area contributed by atoms with Crippen LogP contribution in [-0.4, -0.2) is 36.6 Å². The minimum atomic E-state index is 0.383. The fraction of sp³-hybridized carbons (Fsp3) is 0.312. The number of hydrogen-bond donors (Lipinski definition) is 0. The molecule has 3 rings (SSSR count). The Kier molecular flexibility index (Phi) is 4.03. The van der Waals surface area contributed by atoms with E-state index < -0.39 is 0 Å². The zero-order valence-electron chi connectivity index (χ0n) is 11.5. The minimum Gasteiger partial charge on any atom is -0.361 e. The quantitative estimate of drug-likeness (QED) is 0.841. The molecule has 0 N–H and O–H groups in total. The highest BCUT2D eigenvalue weighted by Gasteiger charge is 2.27. The lowest BCUT2D eigenvalue weighted by Crippen LogP contribution is -2.47. The summed E-state index contributed by atoms with van der Waals surface area (Å²) in [5, 5.41) is 0. The Morgan fingerprint density at radius 2 is 1.95 bits per heavy atom. The van der Waals surface area contributed by atoms with E-state index in [0.29, 0.717) is 6.04 Å². The number of pyridine rings is 1. The third kappa shape index (κ3) is 2.72. The Morgan fingerprint density at radius 1 is 1.15 bits per heavy atom. The molecule has 0 saturated carbocycles. The molecule has 20 heavy (non-hydrogen) atoms. The molecule has 1 aromatic heterocycles. The van der Waals surface area contributed by atoms with Crippen molar-refractivity contribution in [2.75, 3.05) is 31.6 Å². The van der Waals surface area contributed by atoms with E-state index in [2.05, 4.69) is 74.2 Å². The summed E-state index contributed by atoms with van der Waals surface area (Å²) in [5.74, 6) is 0. The largest absolute Gasteiger partial charge is 0.361 e. The smallest absolute Gasteiger partial charge is 0.0670 e. The number of likely N-dealkylation sites (N-methyl/N-ethyl adjacent to an activating group) is 1. The van der Waals surface area contributed by atoms with Crippen molar-refractivity contribution in [3.05, 3.63) is 58.8 Å². The first kappa shape index (κ1) is 13.6. The van der Waals surface area contributed by atoms with Gasteiger partial charge < -0.3 is 9.80 Å². The molecule has 0 bridgehead atoms. The first-order valence-electron chi connectivity index (χ1n) is 6.85. The second kappa shape index (κ2) is 5.94. The van der Waals surface area contributed by atoms with Crippen molar-refractivity contribution in [3.8, 4) is 0 Å². The van der Waals surface area contributed by atoms with Crippen LogP contribution in [0.5, 0.6) is 0 Å². The van der Waals surface area contributed by atoms with Crippen LogP contribution in [0, 0.1) is 0 Å². The molecule has 0 aliphatic carbocycles. The molecule has 4 heteroatoms. The van der Waals surface area contributed by atoms with E-state index in [4.69, 9.17) is 0 Å². The first-order valence-corrected chi connectivity index (χ1v) is 7.64. The highest BCUT2D eigenvalue weighted by atomic mass is 79.9. The summed E-state index contributed by atoms with van der Waals surface area (Å²) in [4.78, 5) is 9.03. The van der Waals surface area contributed by atoms with Gasteiger partial charge >= 0.3 is 0 Å². The summed E-state index contributed by atoms with van der Waals surface area (Å²) in [5.41, 5.74) is 2.59. The lowest BCUT2D eigenvalue weighted by molar-refractivity contribution is 0.269. The monoisotopic (exact) mass is 331 g/mol. The summed E-state index contributed by atoms with van der Waals surface area (Å²) in [7, 11) is 2.19. The molecule has 1 aromatic carbocycles. The fourth-order valence-electron chi connectivity index (χ4n) is 2.77. The van der Waals surface area contributed by atoms with Crippen molar-refractivity contribution >= 4 is 21.6 Å². The van der Waals surface area contributed by atoms with Gasteiger partial charge in [-0.3, -0.25) is 4.98 Å². The number of benzene rings is 1. The maximum atomic E-state index is 4.17. The third-order valence-corrected chi connectivity index (χ3v) is 4.44. The Hall–Kier alpha value is -1.39. The molecule has 1 saturated heterocycles. The molecule has 0 radical (unpaired) electrons. The molecular weight excluding hydrogens is 314 g/mol. The number of anilines is 1. The van der Waals surface area contributed by atoms with Gasteiger partial charge in [0.15, 0.2) is 0 Å². The summed E-state index contributed by atoms with van der Waals surface area (Å²) in [6.07, 6.45) is 3.73. The molecular formula is C16H18BrN3. The van der Waals surface area contributed by atoms with E-state index in [1.165, 1.54) is 11.3 Å². The van der Waals surface area contributed by atoms with Gasteiger partial charge in [0.2, 0.25) is 0 Å². The van der Waals surface area contributed by atoms with E-state index in [1.807, 2.05) is 12.4 Å². The van der Waals surface area contributed by atoms with Gasteiger partial charge in [-0.15, -0.1) is 0 Å². The molecule has 1 fully saturated rings. The Morgan fingerprint density at radius 3 is 2.70 bits per heavy atom. The number of rotatable bonds is 2. The lowest BCUT2D eigenvalue weighted by atomic mass is 10.0. The van der Waals surface area contributed by atoms with Gasteiger partial charge in [0, 0.05) is 32.0 Å². The zero-order chi connectivity index (χ0) is 13.9. The van der Waals surface area contributed by atoms with Crippen molar-refractivity contribution in [1.82, 2.24) is 9.88 Å². The predicted octanol–water partition coefficient (Wildman–Crippen LogP) is 3.34. The number of piperazine rings is 1. The molecule has 1 aliphatic heterocycles. The predicted molar refractivity (Wildman–Crippen MR) is 86.0 cm³/mol. The Labute approximate surface area is 128 Å². The standard InChI is InChI=1S/C16H18BrN3/c1-19-9-10-20(15-7-8-18-11-14(15)17)16(12-19)13-5-3-2-4-6-13/h2-8,11,16H,9-10,12H2,1H3. The molecule has 1 aliphatic rings. The van der Waals surface area contributed by atoms with E-state index >= 15 is 0 Å². The van der Waals surface area contributed by atoms with Crippen LogP contribution < -0.4 is 4.90 Å². The van der Waals surface area contributed by atoms with Gasteiger partial charge in [-0.25, -0.2) is 0 Å². The second-order valence-electron chi connectivity index (χ2n) is 5.21. The Bertz CT molecular complexity index is 573. The van der Waals surface area contributed by atoms with Gasteiger partial charge in [0.1, 0.15) is 0 Å². The van der Waals surface area contributed by atoms with Crippen molar-refractivity contribution in [1.29, 1.82) is 0 Å². The highest BCUT2D eigenvalue weighted by molar-refractivity contribution is 9.10. The summed E-state index contributed by atoms with van der Waals surface area (Å²) in [6.45, 7) is 3.15. The first-order chi connectivity index (χ1) is 9.75. The topological polar surface area (TPSA) is 19.4 Å². The maximum absolute atomic E-state index is 4.17. The minimum absolute atomic E-state index is 0.383. The van der Waals surface area contributed by atoms with Crippen molar-refractivity contribution in [2.45, 2.75) is 6.04 Å². The molecule has 2 heterocycles. The number of hydrogen-bond acceptors (Lipinski definition) is 3. The SMILES string of the molecule is CN1CCN(c2ccncc2Br)C(c2ccccc2)C1. The molecule has 2 aromatic rings. The molecule has 0 amide bonds. The van der Waals surface area contributed by atoms with Crippen LogP contribution in [0.25, 0.3) is 0 Å². The van der Waals surface area contributed by atoms with Crippen LogP contribution in [0.2, 0.25) is 0 Å². The maximum Gasteiger partial charge on any atom is 0.0670 e. The average molecular weight is 332 g/mol. The van der Waals surface area contributed by atoms with E-state index in [9.17, 15) is 0 Å². The zero-order valence-corrected chi connectivity index (χ0v) is 13.1. The van der Waals surface area contributed by atoms with Gasteiger partial charge in [-0.05, 0) is 34.6 Å². The Balaban J connectivity index is 1.97. The average Bonchev–Trinajstić information content (AvgIpc) is 2.49. The van der Waals surface area contributed by atoms with Crippen molar-refractivity contribution < 1.29 is 0 Å². The van der Waals surface area contributed by atoms with Crippen molar-refractivity contribution in [2.24, 2.45) is 0 Å². The second-order valence-corrected chi connectivity index (χ2v) is 6.06. The van der Waals surface area contributed by atoms with Gasteiger partial charge in [0.25, 0.3) is 0 Å². The molecule has 104 valence electrons. The van der Waals surface area contributed by atoms with Gasteiger partial charge in [0.05, 0.1) is 16.2 Å². The normalized spacial score (nSPS) is 20.1. The van der Waals surface area contributed by atoms with Crippen LogP contribution in [0.4, 0.5) is 5.69 Å². The van der Waals surface area contributed by atoms with E-state index in [0.717, 1.165) is 24.1 Å². The van der Waals surface area contributed by atoms with Crippen LogP contribution in [0.15, 0.2) is 53.3 Å². The van der Waals surface area contributed by atoms with E-state index in [-0.39, 0.29) is 0 Å². The molecule has 1 unspecified atom stereocenters. The number of nitrogens with zero attached hydrogens (tertiary/aromatic N) is 3. The van der Waals surface area contributed by atoms with Gasteiger partial charge in [-0.2, -0.15) is 0 Å². The van der Waals surface area contributed by atoms with Crippen LogP contribution >= 0.6 is 15.9 Å². The molecule has 1 atom stereocenters.